The van der Waals surface area contributed by atoms with Gasteiger partial charge >= 0.3 is 16.9 Å². The Morgan fingerprint density at radius 2 is 1.64 bits per heavy atom. The molecule has 0 aliphatic heterocycles. The number of hydrogen-bond acceptors (Lipinski definition) is 5. The summed E-state index contributed by atoms with van der Waals surface area (Å²) in [6.45, 7) is 4.10. The van der Waals surface area contributed by atoms with Crippen LogP contribution in [0.1, 0.15) is 30.7 Å². The normalized spacial score (nSPS) is 11.4. The summed E-state index contributed by atoms with van der Waals surface area (Å²) in [4.78, 5) is 37.9. The Balaban J connectivity index is 1.77. The number of aryl methyl sites for hydroxylation is 1. The first-order chi connectivity index (χ1) is 17.3. The number of benzene rings is 2. The van der Waals surface area contributed by atoms with Crippen LogP contribution in [-0.4, -0.2) is 23.8 Å². The Morgan fingerprint density at radius 3 is 2.28 bits per heavy atom. The molecule has 36 heavy (non-hydrogen) atoms. The fraction of sp³-hybridized carbons (Fsp3) is 0.222. The Morgan fingerprint density at radius 1 is 0.972 bits per heavy atom. The van der Waals surface area contributed by atoms with E-state index in [0.29, 0.717) is 12.0 Å². The van der Waals surface area contributed by atoms with Gasteiger partial charge in [0, 0.05) is 24.8 Å². The lowest BCUT2D eigenvalue weighted by molar-refractivity contribution is -0.387. The minimum absolute atomic E-state index is 0.0212. The summed E-state index contributed by atoms with van der Waals surface area (Å²) in [6, 6.07) is 18.9. The summed E-state index contributed by atoms with van der Waals surface area (Å²) in [5.74, 6) is 0.0235. The first-order valence-corrected chi connectivity index (χ1v) is 11.7. The van der Waals surface area contributed by atoms with Gasteiger partial charge < -0.3 is 0 Å². The molecule has 2 aromatic heterocycles. The van der Waals surface area contributed by atoms with Gasteiger partial charge in [-0.15, -0.1) is 0 Å². The molecule has 2 heterocycles. The van der Waals surface area contributed by atoms with Crippen molar-refractivity contribution in [1.82, 2.24) is 18.9 Å². The van der Waals surface area contributed by atoms with E-state index in [1.807, 2.05) is 74.5 Å². The number of nitro groups is 1. The van der Waals surface area contributed by atoms with E-state index in [1.54, 1.807) is 23.2 Å². The van der Waals surface area contributed by atoms with Crippen molar-refractivity contribution in [2.24, 2.45) is 5.92 Å². The van der Waals surface area contributed by atoms with E-state index in [9.17, 15) is 19.7 Å². The van der Waals surface area contributed by atoms with Gasteiger partial charge in [0.15, 0.2) is 0 Å². The molecule has 4 rings (SSSR count). The van der Waals surface area contributed by atoms with Crippen LogP contribution < -0.4 is 11.2 Å². The van der Waals surface area contributed by atoms with E-state index < -0.39 is 21.9 Å². The maximum atomic E-state index is 13.4. The van der Waals surface area contributed by atoms with Crippen molar-refractivity contribution in [1.29, 1.82) is 0 Å². The fourth-order valence-electron chi connectivity index (χ4n) is 3.99. The zero-order valence-electron chi connectivity index (χ0n) is 20.2. The average molecular weight is 486 g/mol. The largest absolute Gasteiger partial charge is 0.357 e. The van der Waals surface area contributed by atoms with Gasteiger partial charge in [-0.05, 0) is 42.2 Å². The number of aromatic nitrogens is 4. The van der Waals surface area contributed by atoms with Gasteiger partial charge in [0.1, 0.15) is 5.69 Å². The van der Waals surface area contributed by atoms with Crippen LogP contribution in [0.15, 0.2) is 82.6 Å². The van der Waals surface area contributed by atoms with Crippen LogP contribution in [0, 0.1) is 16.0 Å². The molecule has 184 valence electrons. The molecule has 0 radical (unpaired) electrons. The summed E-state index contributed by atoms with van der Waals surface area (Å²) < 4.78 is 3.97. The van der Waals surface area contributed by atoms with Gasteiger partial charge in [-0.25, -0.2) is 9.48 Å². The highest BCUT2D eigenvalue weighted by atomic mass is 16.6. The molecular formula is C27H27N5O4. The third-order valence-corrected chi connectivity index (χ3v) is 5.70. The van der Waals surface area contributed by atoms with Crippen LogP contribution in [0.2, 0.25) is 0 Å². The maximum absolute atomic E-state index is 13.4. The standard InChI is InChI=1S/C27H27N5O4/c1-20(2)18-30-24(14-13-22-17-28-31(19-22)23-11-7-4-8-12-23)25(32(35)36)26(33)29(27(30)34)16-15-21-9-5-3-6-10-21/h3-14,17,19-20H,15-16,18H2,1-2H3/b14-13+. The second kappa shape index (κ2) is 10.8. The lowest BCUT2D eigenvalue weighted by atomic mass is 10.1. The molecule has 0 unspecified atom stereocenters. The zero-order valence-corrected chi connectivity index (χ0v) is 20.2. The SMILES string of the molecule is CC(C)Cn1c(/C=C/c2cnn(-c3ccccc3)c2)c([N+](=O)[O-])c(=O)n(CCc2ccccc2)c1=O. The highest BCUT2D eigenvalue weighted by Gasteiger charge is 2.26. The molecule has 0 saturated heterocycles. The van der Waals surface area contributed by atoms with E-state index in [2.05, 4.69) is 5.10 Å². The third kappa shape index (κ3) is 5.41. The van der Waals surface area contributed by atoms with Crippen LogP contribution in [-0.2, 0) is 19.5 Å². The minimum Gasteiger partial charge on any atom is -0.287 e. The van der Waals surface area contributed by atoms with Crippen molar-refractivity contribution in [2.75, 3.05) is 0 Å². The van der Waals surface area contributed by atoms with Crippen molar-refractivity contribution in [3.63, 3.8) is 0 Å². The number of para-hydroxylation sites is 1. The first kappa shape index (κ1) is 24.6. The molecule has 0 N–H and O–H groups in total. The maximum Gasteiger partial charge on any atom is 0.357 e. The molecule has 4 aromatic rings. The van der Waals surface area contributed by atoms with Crippen molar-refractivity contribution >= 4 is 17.8 Å². The van der Waals surface area contributed by atoms with E-state index in [0.717, 1.165) is 15.8 Å². The van der Waals surface area contributed by atoms with Crippen LogP contribution in [0.25, 0.3) is 17.8 Å². The van der Waals surface area contributed by atoms with Gasteiger partial charge in [0.25, 0.3) is 0 Å². The van der Waals surface area contributed by atoms with Crippen molar-refractivity contribution < 1.29 is 4.92 Å². The second-order valence-electron chi connectivity index (χ2n) is 8.86. The minimum atomic E-state index is -0.902. The Kier molecular flexibility index (Phi) is 7.39. The Bertz CT molecular complexity index is 1500. The van der Waals surface area contributed by atoms with Gasteiger partial charge in [0.05, 0.1) is 16.8 Å². The summed E-state index contributed by atoms with van der Waals surface area (Å²) in [5, 5.41) is 16.4. The van der Waals surface area contributed by atoms with Crippen LogP contribution in [0.3, 0.4) is 0 Å². The average Bonchev–Trinajstić information content (AvgIpc) is 3.34. The second-order valence-corrected chi connectivity index (χ2v) is 8.86. The predicted molar refractivity (Wildman–Crippen MR) is 139 cm³/mol. The predicted octanol–water partition coefficient (Wildman–Crippen LogP) is 4.17. The Labute approximate surface area is 207 Å². The highest BCUT2D eigenvalue weighted by Crippen LogP contribution is 2.18. The molecular weight excluding hydrogens is 458 g/mol. The monoisotopic (exact) mass is 485 g/mol. The molecule has 0 spiro atoms. The van der Waals surface area contributed by atoms with Crippen LogP contribution >= 0.6 is 0 Å². The van der Waals surface area contributed by atoms with Gasteiger partial charge in [-0.3, -0.25) is 24.0 Å². The quantitative estimate of drug-likeness (QED) is 0.261. The lowest BCUT2D eigenvalue weighted by Gasteiger charge is -2.15. The zero-order chi connectivity index (χ0) is 25.7. The molecule has 0 atom stereocenters. The van der Waals surface area contributed by atoms with Crippen LogP contribution in [0.4, 0.5) is 5.69 Å². The molecule has 0 aliphatic rings. The van der Waals surface area contributed by atoms with E-state index >= 15 is 0 Å². The topological polar surface area (TPSA) is 105 Å². The summed E-state index contributed by atoms with van der Waals surface area (Å²) in [5.41, 5.74) is 0.365. The molecule has 2 aromatic carbocycles. The first-order valence-electron chi connectivity index (χ1n) is 11.7. The van der Waals surface area contributed by atoms with Gasteiger partial charge in [0.2, 0.25) is 0 Å². The lowest BCUT2D eigenvalue weighted by Crippen LogP contribution is -2.43. The van der Waals surface area contributed by atoms with Crippen molar-refractivity contribution in [2.45, 2.75) is 33.4 Å². The molecule has 9 nitrogen and oxygen atoms in total. The van der Waals surface area contributed by atoms with Gasteiger partial charge in [-0.1, -0.05) is 62.4 Å². The fourth-order valence-corrected chi connectivity index (χ4v) is 3.99. The van der Waals surface area contributed by atoms with Gasteiger partial charge in [-0.2, -0.15) is 5.10 Å². The molecule has 0 amide bonds. The van der Waals surface area contributed by atoms with E-state index in [-0.39, 0.29) is 24.7 Å². The third-order valence-electron chi connectivity index (χ3n) is 5.70. The molecule has 0 bridgehead atoms. The molecule has 0 fully saturated rings. The van der Waals surface area contributed by atoms with Crippen LogP contribution in [0.5, 0.6) is 0 Å². The summed E-state index contributed by atoms with van der Waals surface area (Å²) in [7, 11) is 0. The molecule has 9 heteroatoms. The van der Waals surface area contributed by atoms with E-state index in [4.69, 9.17) is 0 Å². The summed E-state index contributed by atoms with van der Waals surface area (Å²) in [6.07, 6.45) is 6.86. The highest BCUT2D eigenvalue weighted by molar-refractivity contribution is 5.71. The molecule has 0 aliphatic carbocycles. The Hall–Kier alpha value is -4.53. The summed E-state index contributed by atoms with van der Waals surface area (Å²) >= 11 is 0. The number of nitrogens with zero attached hydrogens (tertiary/aromatic N) is 5. The number of rotatable bonds is 9. The van der Waals surface area contributed by atoms with Crippen molar-refractivity contribution in [3.8, 4) is 5.69 Å². The smallest absolute Gasteiger partial charge is 0.287 e. The van der Waals surface area contributed by atoms with E-state index in [1.165, 1.54) is 10.6 Å². The van der Waals surface area contributed by atoms with Crippen molar-refractivity contribution in [3.05, 3.63) is 121 Å². The molecule has 0 saturated carbocycles. The number of hydrogen-bond donors (Lipinski definition) is 0.